The molecule has 2 aromatic heterocycles. The van der Waals surface area contributed by atoms with Gasteiger partial charge in [-0.2, -0.15) is 5.10 Å². The van der Waals surface area contributed by atoms with Gasteiger partial charge in [0.15, 0.2) is 5.69 Å². The number of aromatic nitrogens is 3. The van der Waals surface area contributed by atoms with Crippen LogP contribution in [0.15, 0.2) is 59.4 Å². The van der Waals surface area contributed by atoms with Crippen molar-refractivity contribution in [2.75, 3.05) is 25.6 Å². The van der Waals surface area contributed by atoms with Gasteiger partial charge in [-0.25, -0.2) is 4.52 Å². The number of ether oxygens (including phenoxy) is 2. The van der Waals surface area contributed by atoms with Crippen LogP contribution in [0.5, 0.6) is 5.75 Å². The SMILES string of the molecule is CCOc1ccc(NC(=O)c2cc3c(=O)n(CCOC)c4ccccc4n3n2)cc1. The van der Waals surface area contributed by atoms with E-state index < -0.39 is 5.91 Å². The van der Waals surface area contributed by atoms with Gasteiger partial charge >= 0.3 is 0 Å². The van der Waals surface area contributed by atoms with Gasteiger partial charge in [0.25, 0.3) is 11.5 Å². The van der Waals surface area contributed by atoms with Gasteiger partial charge in [0.2, 0.25) is 0 Å². The molecule has 0 aliphatic rings. The number of nitrogens with one attached hydrogen (secondary N) is 1. The van der Waals surface area contributed by atoms with Crippen molar-refractivity contribution in [3.63, 3.8) is 0 Å². The van der Waals surface area contributed by atoms with Crippen molar-refractivity contribution in [2.24, 2.45) is 0 Å². The molecule has 1 N–H and O–H groups in total. The van der Waals surface area contributed by atoms with Gasteiger partial charge in [-0.1, -0.05) is 12.1 Å². The largest absolute Gasteiger partial charge is 0.494 e. The van der Waals surface area contributed by atoms with E-state index in [0.717, 1.165) is 16.8 Å². The molecule has 0 aliphatic heterocycles. The Balaban J connectivity index is 1.72. The normalized spacial score (nSPS) is 11.1. The zero-order chi connectivity index (χ0) is 21.1. The van der Waals surface area contributed by atoms with Crippen molar-refractivity contribution < 1.29 is 14.3 Å². The van der Waals surface area contributed by atoms with Crippen LogP contribution in [0.4, 0.5) is 5.69 Å². The maximum absolute atomic E-state index is 13.0. The van der Waals surface area contributed by atoms with Crippen LogP contribution >= 0.6 is 0 Å². The second-order valence-electron chi connectivity index (χ2n) is 6.68. The summed E-state index contributed by atoms with van der Waals surface area (Å²) in [6.45, 7) is 3.29. The molecule has 0 bridgehead atoms. The van der Waals surface area contributed by atoms with Gasteiger partial charge in [0.05, 0.1) is 24.2 Å². The van der Waals surface area contributed by atoms with Crippen LogP contribution in [-0.2, 0) is 11.3 Å². The molecule has 4 aromatic rings. The maximum atomic E-state index is 13.0. The van der Waals surface area contributed by atoms with E-state index in [0.29, 0.717) is 31.0 Å². The first-order valence-corrected chi connectivity index (χ1v) is 9.67. The minimum Gasteiger partial charge on any atom is -0.494 e. The minimum atomic E-state index is -0.394. The number of hydrogen-bond donors (Lipinski definition) is 1. The van der Waals surface area contributed by atoms with E-state index in [-0.39, 0.29) is 11.3 Å². The van der Waals surface area contributed by atoms with E-state index in [4.69, 9.17) is 9.47 Å². The highest BCUT2D eigenvalue weighted by molar-refractivity contribution is 6.03. The number of rotatable bonds is 7. The Kier molecular flexibility index (Phi) is 5.49. The quantitative estimate of drug-likeness (QED) is 0.510. The fourth-order valence-corrected chi connectivity index (χ4v) is 3.35. The summed E-state index contributed by atoms with van der Waals surface area (Å²) in [6.07, 6.45) is 0. The van der Waals surface area contributed by atoms with Crippen molar-refractivity contribution >= 4 is 28.1 Å². The number of carbonyl (C=O) groups excluding carboxylic acids is 1. The van der Waals surface area contributed by atoms with Crippen LogP contribution in [0.2, 0.25) is 0 Å². The Labute approximate surface area is 172 Å². The van der Waals surface area contributed by atoms with Gasteiger partial charge in [-0.3, -0.25) is 9.59 Å². The van der Waals surface area contributed by atoms with E-state index in [2.05, 4.69) is 10.4 Å². The second kappa shape index (κ2) is 8.38. The van der Waals surface area contributed by atoms with Crippen molar-refractivity contribution in [1.82, 2.24) is 14.2 Å². The molecule has 0 aliphatic carbocycles. The Hall–Kier alpha value is -3.65. The Morgan fingerprint density at radius 3 is 2.50 bits per heavy atom. The average Bonchev–Trinajstić information content (AvgIpc) is 3.22. The lowest BCUT2D eigenvalue weighted by Crippen LogP contribution is -2.24. The molecule has 154 valence electrons. The summed E-state index contributed by atoms with van der Waals surface area (Å²) in [5.74, 6) is 0.334. The topological polar surface area (TPSA) is 86.9 Å². The molecule has 8 nitrogen and oxygen atoms in total. The average molecular weight is 406 g/mol. The lowest BCUT2D eigenvalue weighted by Gasteiger charge is -2.11. The molecule has 0 saturated heterocycles. The summed E-state index contributed by atoms with van der Waals surface area (Å²) in [7, 11) is 1.59. The Morgan fingerprint density at radius 1 is 1.07 bits per heavy atom. The zero-order valence-corrected chi connectivity index (χ0v) is 16.8. The smallest absolute Gasteiger partial charge is 0.277 e. The number of para-hydroxylation sites is 2. The first-order chi connectivity index (χ1) is 14.6. The molecule has 1 amide bonds. The molecular weight excluding hydrogens is 384 g/mol. The summed E-state index contributed by atoms with van der Waals surface area (Å²) in [5.41, 5.74) is 2.36. The minimum absolute atomic E-state index is 0.163. The van der Waals surface area contributed by atoms with Gasteiger partial charge in [0, 0.05) is 25.4 Å². The Bertz CT molecular complexity index is 1260. The molecule has 2 aromatic carbocycles. The molecule has 2 heterocycles. The van der Waals surface area contributed by atoms with Crippen LogP contribution in [-0.4, -0.2) is 40.4 Å². The van der Waals surface area contributed by atoms with E-state index >= 15 is 0 Å². The second-order valence-corrected chi connectivity index (χ2v) is 6.68. The van der Waals surface area contributed by atoms with Gasteiger partial charge in [-0.15, -0.1) is 0 Å². The van der Waals surface area contributed by atoms with Crippen molar-refractivity contribution in [1.29, 1.82) is 0 Å². The van der Waals surface area contributed by atoms with Crippen LogP contribution in [0.1, 0.15) is 17.4 Å². The highest BCUT2D eigenvalue weighted by atomic mass is 16.5. The lowest BCUT2D eigenvalue weighted by atomic mass is 10.2. The summed E-state index contributed by atoms with van der Waals surface area (Å²) >= 11 is 0. The van der Waals surface area contributed by atoms with E-state index in [1.54, 1.807) is 35.9 Å². The Morgan fingerprint density at radius 2 is 1.80 bits per heavy atom. The number of benzene rings is 2. The summed E-state index contributed by atoms with van der Waals surface area (Å²) in [6, 6.07) is 16.0. The molecule has 8 heteroatoms. The van der Waals surface area contributed by atoms with Crippen LogP contribution < -0.4 is 15.6 Å². The predicted octanol–water partition coefficient (Wildman–Crippen LogP) is 2.95. The monoisotopic (exact) mass is 406 g/mol. The third kappa shape index (κ3) is 3.65. The number of amides is 1. The summed E-state index contributed by atoms with van der Waals surface area (Å²) < 4.78 is 13.7. The zero-order valence-electron chi connectivity index (χ0n) is 16.8. The van der Waals surface area contributed by atoms with E-state index in [1.807, 2.05) is 31.2 Å². The maximum Gasteiger partial charge on any atom is 0.277 e. The lowest BCUT2D eigenvalue weighted by molar-refractivity contribution is 0.102. The number of nitrogens with zero attached hydrogens (tertiary/aromatic N) is 3. The van der Waals surface area contributed by atoms with Crippen molar-refractivity contribution in [3.8, 4) is 5.75 Å². The number of methoxy groups -OCH3 is 1. The standard InChI is InChI=1S/C22H22N4O4/c1-3-30-16-10-8-15(9-11-16)23-21(27)17-14-20-22(28)25(12-13-29-2)18-6-4-5-7-19(18)26(20)24-17/h4-11,14H,3,12-13H2,1-2H3,(H,23,27). The number of anilines is 1. The highest BCUT2D eigenvalue weighted by Crippen LogP contribution is 2.18. The fourth-order valence-electron chi connectivity index (χ4n) is 3.35. The molecular formula is C22H22N4O4. The summed E-state index contributed by atoms with van der Waals surface area (Å²) in [4.78, 5) is 25.8. The van der Waals surface area contributed by atoms with Gasteiger partial charge in [-0.05, 0) is 43.3 Å². The number of hydrogen-bond acceptors (Lipinski definition) is 5. The van der Waals surface area contributed by atoms with Crippen LogP contribution in [0.25, 0.3) is 16.6 Å². The van der Waals surface area contributed by atoms with Gasteiger partial charge < -0.3 is 19.4 Å². The number of carbonyl (C=O) groups is 1. The number of fused-ring (bicyclic) bond motifs is 3. The van der Waals surface area contributed by atoms with Crippen LogP contribution in [0, 0.1) is 0 Å². The van der Waals surface area contributed by atoms with Crippen molar-refractivity contribution in [3.05, 3.63) is 70.6 Å². The molecule has 0 radical (unpaired) electrons. The predicted molar refractivity (Wildman–Crippen MR) is 114 cm³/mol. The molecule has 0 atom stereocenters. The molecule has 0 saturated carbocycles. The molecule has 30 heavy (non-hydrogen) atoms. The van der Waals surface area contributed by atoms with Crippen molar-refractivity contribution in [2.45, 2.75) is 13.5 Å². The molecule has 4 rings (SSSR count). The summed E-state index contributed by atoms with van der Waals surface area (Å²) in [5, 5.41) is 7.21. The van der Waals surface area contributed by atoms with Gasteiger partial charge in [0.1, 0.15) is 11.3 Å². The highest BCUT2D eigenvalue weighted by Gasteiger charge is 2.17. The first-order valence-electron chi connectivity index (χ1n) is 9.67. The third-order valence-corrected chi connectivity index (χ3v) is 4.75. The van der Waals surface area contributed by atoms with E-state index in [1.165, 1.54) is 10.6 Å². The fraction of sp³-hybridized carbons (Fsp3) is 0.227. The van der Waals surface area contributed by atoms with E-state index in [9.17, 15) is 9.59 Å². The molecule has 0 unspecified atom stereocenters. The first kappa shape index (κ1) is 19.7. The molecule has 0 spiro atoms. The third-order valence-electron chi connectivity index (χ3n) is 4.75. The van der Waals surface area contributed by atoms with Crippen LogP contribution in [0.3, 0.4) is 0 Å². The molecule has 0 fully saturated rings.